The molecule has 3 rings (SSSR count). The van der Waals surface area contributed by atoms with E-state index in [0.717, 1.165) is 4.52 Å². The molecule has 0 unspecified atom stereocenters. The summed E-state index contributed by atoms with van der Waals surface area (Å²) in [5.41, 5.74) is 0.102. The van der Waals surface area contributed by atoms with Crippen LogP contribution in [0, 0.1) is 0 Å². The maximum absolute atomic E-state index is 12.1. The molecule has 7 nitrogen and oxygen atoms in total. The zero-order chi connectivity index (χ0) is 17.3. The van der Waals surface area contributed by atoms with Crippen LogP contribution in [-0.4, -0.2) is 32.3 Å². The van der Waals surface area contributed by atoms with E-state index in [4.69, 9.17) is 32.7 Å². The van der Waals surface area contributed by atoms with E-state index in [1.165, 1.54) is 30.5 Å². The number of rotatable bonds is 4. The zero-order valence-corrected chi connectivity index (χ0v) is 13.9. The van der Waals surface area contributed by atoms with Gasteiger partial charge in [0.2, 0.25) is 5.75 Å². The number of carbonyl (C=O) groups excluding carboxylic acids is 1. The Bertz CT molecular complexity index is 926. The van der Waals surface area contributed by atoms with Gasteiger partial charge in [-0.2, -0.15) is 9.61 Å². The van der Waals surface area contributed by atoms with E-state index in [2.05, 4.69) is 10.1 Å². The number of carbonyl (C=O) groups is 1. The van der Waals surface area contributed by atoms with Crippen LogP contribution in [0.3, 0.4) is 0 Å². The number of benzene rings is 1. The van der Waals surface area contributed by atoms with Crippen LogP contribution >= 0.6 is 23.2 Å². The summed E-state index contributed by atoms with van der Waals surface area (Å²) in [5, 5.41) is 14.9. The van der Waals surface area contributed by atoms with Gasteiger partial charge < -0.3 is 14.6 Å². The van der Waals surface area contributed by atoms with Crippen molar-refractivity contribution in [1.29, 1.82) is 0 Å². The van der Waals surface area contributed by atoms with E-state index in [0.29, 0.717) is 5.02 Å². The first-order valence-electron chi connectivity index (χ1n) is 6.88. The van der Waals surface area contributed by atoms with Crippen LogP contribution in [0.1, 0.15) is 17.4 Å². The summed E-state index contributed by atoms with van der Waals surface area (Å²) in [6.45, 7) is 1.81. The van der Waals surface area contributed by atoms with Gasteiger partial charge >= 0.3 is 5.97 Å². The van der Waals surface area contributed by atoms with E-state index in [9.17, 15) is 9.90 Å². The first-order valence-corrected chi connectivity index (χ1v) is 7.63. The average Bonchev–Trinajstić information content (AvgIpc) is 3.02. The lowest BCUT2D eigenvalue weighted by Gasteiger charge is -2.12. The first kappa shape index (κ1) is 16.4. The van der Waals surface area contributed by atoms with Gasteiger partial charge in [-0.1, -0.05) is 23.2 Å². The Morgan fingerprint density at radius 1 is 1.29 bits per heavy atom. The number of aromatic hydroxyl groups is 1. The fourth-order valence-electron chi connectivity index (χ4n) is 2.00. The Morgan fingerprint density at radius 2 is 2.08 bits per heavy atom. The predicted molar refractivity (Wildman–Crippen MR) is 87.1 cm³/mol. The highest BCUT2D eigenvalue weighted by Crippen LogP contribution is 2.36. The fourth-order valence-corrected chi connectivity index (χ4v) is 2.29. The smallest absolute Gasteiger partial charge is 0.361 e. The third-order valence-corrected chi connectivity index (χ3v) is 3.79. The Labute approximate surface area is 146 Å². The second-order valence-corrected chi connectivity index (χ2v) is 5.43. The minimum Gasteiger partial charge on any atom is -0.490 e. The van der Waals surface area contributed by atoms with Crippen LogP contribution in [0.5, 0.6) is 17.4 Å². The summed E-state index contributed by atoms with van der Waals surface area (Å²) in [6, 6.07) is 6.05. The molecule has 0 bridgehead atoms. The number of hydrogen-bond acceptors (Lipinski definition) is 6. The Hall–Kier alpha value is -2.51. The van der Waals surface area contributed by atoms with E-state index >= 15 is 0 Å². The Morgan fingerprint density at radius 3 is 2.79 bits per heavy atom. The molecular formula is C15H11Cl2N3O4. The summed E-state index contributed by atoms with van der Waals surface area (Å²) >= 11 is 11.8. The predicted octanol–water partition coefficient (Wildman–Crippen LogP) is 3.71. The van der Waals surface area contributed by atoms with Crippen molar-refractivity contribution in [3.05, 3.63) is 46.2 Å². The van der Waals surface area contributed by atoms with Crippen molar-refractivity contribution in [3.63, 3.8) is 0 Å². The Balaban J connectivity index is 2.12. The normalized spacial score (nSPS) is 10.8. The monoisotopic (exact) mass is 367 g/mol. The van der Waals surface area contributed by atoms with Crippen LogP contribution in [0.4, 0.5) is 0 Å². The molecule has 0 saturated heterocycles. The van der Waals surface area contributed by atoms with Gasteiger partial charge in [-0.15, -0.1) is 0 Å². The van der Waals surface area contributed by atoms with Gasteiger partial charge in [-0.05, 0) is 19.1 Å². The van der Waals surface area contributed by atoms with Crippen molar-refractivity contribution < 1.29 is 19.4 Å². The van der Waals surface area contributed by atoms with Gasteiger partial charge in [0, 0.05) is 12.1 Å². The molecule has 0 aliphatic heterocycles. The third-order valence-electron chi connectivity index (χ3n) is 3.05. The molecule has 0 spiro atoms. The first-order chi connectivity index (χ1) is 11.5. The molecule has 24 heavy (non-hydrogen) atoms. The van der Waals surface area contributed by atoms with Crippen molar-refractivity contribution >= 4 is 34.8 Å². The average molecular weight is 368 g/mol. The summed E-state index contributed by atoms with van der Waals surface area (Å²) in [5.74, 6) is -1.05. The molecule has 1 N–H and O–H groups in total. The molecule has 2 aromatic heterocycles. The second-order valence-electron chi connectivity index (χ2n) is 4.61. The highest BCUT2D eigenvalue weighted by atomic mass is 35.5. The van der Waals surface area contributed by atoms with Crippen LogP contribution in [0.15, 0.2) is 30.5 Å². The summed E-state index contributed by atoms with van der Waals surface area (Å²) < 4.78 is 11.7. The summed E-state index contributed by atoms with van der Waals surface area (Å²) in [7, 11) is 0. The topological polar surface area (TPSA) is 86.0 Å². The highest BCUT2D eigenvalue weighted by molar-refractivity contribution is 6.42. The van der Waals surface area contributed by atoms with Gasteiger partial charge in [-0.3, -0.25) is 0 Å². The van der Waals surface area contributed by atoms with Crippen molar-refractivity contribution in [2.45, 2.75) is 6.92 Å². The summed E-state index contributed by atoms with van der Waals surface area (Å²) in [4.78, 5) is 16.3. The standard InChI is InChI=1S/C15H11Cl2N3O4/c1-2-23-15(22)12-13(14(21)20-11(19-12)5-6-18-20)24-8-3-4-9(16)10(17)7-8/h3-7,21H,2H2,1H3. The fraction of sp³-hybridized carbons (Fsp3) is 0.133. The van der Waals surface area contributed by atoms with Gasteiger partial charge in [0.05, 0.1) is 22.8 Å². The minimum atomic E-state index is -0.730. The maximum atomic E-state index is 12.1. The third kappa shape index (κ3) is 2.95. The molecule has 3 aromatic rings. The van der Waals surface area contributed by atoms with Crippen molar-refractivity contribution in [3.8, 4) is 17.4 Å². The summed E-state index contributed by atoms with van der Waals surface area (Å²) in [6.07, 6.45) is 1.43. The number of halogens is 2. The van der Waals surface area contributed by atoms with Gasteiger partial charge in [0.25, 0.3) is 5.88 Å². The van der Waals surface area contributed by atoms with E-state index in [1.807, 2.05) is 0 Å². The molecule has 0 fully saturated rings. The molecular weight excluding hydrogens is 357 g/mol. The number of fused-ring (bicyclic) bond motifs is 1. The van der Waals surface area contributed by atoms with Crippen LogP contribution in [0.25, 0.3) is 5.65 Å². The van der Waals surface area contributed by atoms with Crippen molar-refractivity contribution in [2.75, 3.05) is 6.61 Å². The van der Waals surface area contributed by atoms with Crippen LogP contribution < -0.4 is 4.74 Å². The molecule has 124 valence electrons. The molecule has 9 heteroatoms. The van der Waals surface area contributed by atoms with Gasteiger partial charge in [-0.25, -0.2) is 9.78 Å². The second kappa shape index (κ2) is 6.54. The number of nitrogens with zero attached hydrogens (tertiary/aromatic N) is 3. The lowest BCUT2D eigenvalue weighted by atomic mass is 10.3. The largest absolute Gasteiger partial charge is 0.490 e. The molecule has 0 aliphatic rings. The van der Waals surface area contributed by atoms with Gasteiger partial charge in [0.1, 0.15) is 5.75 Å². The molecule has 2 heterocycles. The quantitative estimate of drug-likeness (QED) is 0.707. The molecule has 1 aromatic carbocycles. The van der Waals surface area contributed by atoms with Crippen molar-refractivity contribution in [2.24, 2.45) is 0 Å². The molecule has 0 amide bonds. The minimum absolute atomic E-state index is 0.151. The van der Waals surface area contributed by atoms with Crippen LogP contribution in [-0.2, 0) is 4.74 Å². The molecule has 0 atom stereocenters. The number of ether oxygens (including phenoxy) is 2. The Kier molecular flexibility index (Phi) is 4.46. The maximum Gasteiger partial charge on any atom is 0.361 e. The molecule has 0 aliphatic carbocycles. The highest BCUT2D eigenvalue weighted by Gasteiger charge is 2.24. The van der Waals surface area contributed by atoms with Gasteiger partial charge in [0.15, 0.2) is 11.3 Å². The van der Waals surface area contributed by atoms with E-state index < -0.39 is 5.97 Å². The molecule has 0 radical (unpaired) electrons. The number of aromatic nitrogens is 3. The molecule has 0 saturated carbocycles. The lowest BCUT2D eigenvalue weighted by Crippen LogP contribution is -2.11. The van der Waals surface area contributed by atoms with Crippen molar-refractivity contribution in [1.82, 2.24) is 14.6 Å². The number of esters is 1. The van der Waals surface area contributed by atoms with E-state index in [1.54, 1.807) is 6.92 Å². The number of hydrogen-bond donors (Lipinski definition) is 1. The lowest BCUT2D eigenvalue weighted by molar-refractivity contribution is 0.0515. The SMILES string of the molecule is CCOC(=O)c1nc2ccnn2c(O)c1Oc1ccc(Cl)c(Cl)c1. The van der Waals surface area contributed by atoms with Crippen LogP contribution in [0.2, 0.25) is 10.0 Å². The zero-order valence-electron chi connectivity index (χ0n) is 12.4. The van der Waals surface area contributed by atoms with E-state index in [-0.39, 0.29) is 40.3 Å².